The number of nitrogens with zero attached hydrogens (tertiary/aromatic N) is 1. The molecular weight excluding hydrogens is 458 g/mol. The molecule has 4 N–H and O–H groups in total. The average Bonchev–Trinajstić information content (AvgIpc) is 2.79. The van der Waals surface area contributed by atoms with Gasteiger partial charge in [-0.05, 0) is 47.7 Å². The van der Waals surface area contributed by atoms with Crippen LogP contribution in [0.15, 0.2) is 41.4 Å². The Morgan fingerprint density at radius 2 is 1.66 bits per heavy atom. The maximum atomic E-state index is 13.3. The van der Waals surface area contributed by atoms with E-state index in [-0.39, 0.29) is 43.1 Å². The number of guanidine groups is 1. The van der Waals surface area contributed by atoms with Crippen molar-refractivity contribution in [3.63, 3.8) is 0 Å². The second-order valence-corrected chi connectivity index (χ2v) is 8.44. The van der Waals surface area contributed by atoms with Crippen molar-refractivity contribution >= 4 is 17.8 Å². The molecule has 0 heterocycles. The van der Waals surface area contributed by atoms with Gasteiger partial charge in [0.2, 0.25) is 11.8 Å². The highest BCUT2D eigenvalue weighted by Crippen LogP contribution is 2.27. The van der Waals surface area contributed by atoms with Crippen molar-refractivity contribution in [3.8, 4) is 11.5 Å². The summed E-state index contributed by atoms with van der Waals surface area (Å²) in [6, 6.07) is 8.11. The van der Waals surface area contributed by atoms with Gasteiger partial charge in [-0.15, -0.1) is 0 Å². The molecule has 2 aromatic rings. The van der Waals surface area contributed by atoms with Gasteiger partial charge in [0, 0.05) is 13.0 Å². The van der Waals surface area contributed by atoms with E-state index in [1.165, 1.54) is 20.3 Å². The van der Waals surface area contributed by atoms with Crippen LogP contribution in [0.3, 0.4) is 0 Å². The number of nitrogens with one attached hydrogen (secondary N) is 2. The number of methoxy groups -OCH3 is 2. The van der Waals surface area contributed by atoms with Gasteiger partial charge >= 0.3 is 0 Å². The summed E-state index contributed by atoms with van der Waals surface area (Å²) >= 11 is 0. The molecule has 2 aromatic carbocycles. The Morgan fingerprint density at radius 3 is 2.29 bits per heavy atom. The number of rotatable bonds is 11. The van der Waals surface area contributed by atoms with Gasteiger partial charge in [-0.25, -0.2) is 13.8 Å². The van der Waals surface area contributed by atoms with Crippen LogP contribution in [0, 0.1) is 17.6 Å². The van der Waals surface area contributed by atoms with Gasteiger partial charge in [-0.2, -0.15) is 0 Å². The first kappa shape index (κ1) is 27.6. The minimum Gasteiger partial charge on any atom is -0.493 e. The van der Waals surface area contributed by atoms with Crippen LogP contribution in [0.2, 0.25) is 0 Å². The number of ether oxygens (including phenoxy) is 2. The minimum absolute atomic E-state index is 0.0219. The highest BCUT2D eigenvalue weighted by Gasteiger charge is 2.17. The van der Waals surface area contributed by atoms with Crippen molar-refractivity contribution in [2.24, 2.45) is 16.6 Å². The quantitative estimate of drug-likeness (QED) is 0.331. The van der Waals surface area contributed by atoms with Gasteiger partial charge in [0.15, 0.2) is 29.1 Å². The molecule has 0 spiro atoms. The molecule has 10 heteroatoms. The summed E-state index contributed by atoms with van der Waals surface area (Å²) in [7, 11) is 3.03. The lowest BCUT2D eigenvalue weighted by Crippen LogP contribution is -2.39. The highest BCUT2D eigenvalue weighted by atomic mass is 19.2. The van der Waals surface area contributed by atoms with Crippen LogP contribution in [0.4, 0.5) is 8.78 Å². The van der Waals surface area contributed by atoms with E-state index in [4.69, 9.17) is 15.2 Å². The number of aliphatic imine (C=N–C) groups is 1. The minimum atomic E-state index is -0.976. The van der Waals surface area contributed by atoms with E-state index in [2.05, 4.69) is 15.6 Å². The largest absolute Gasteiger partial charge is 0.493 e. The van der Waals surface area contributed by atoms with Crippen LogP contribution in [0.1, 0.15) is 37.8 Å². The molecule has 2 rings (SSSR count). The molecule has 35 heavy (non-hydrogen) atoms. The molecule has 2 amide bonds. The Labute approximate surface area is 203 Å². The molecule has 0 aromatic heterocycles. The number of amides is 2. The third-order valence-corrected chi connectivity index (χ3v) is 5.04. The molecule has 0 fully saturated rings. The van der Waals surface area contributed by atoms with Gasteiger partial charge in [0.05, 0.1) is 26.7 Å². The fourth-order valence-electron chi connectivity index (χ4n) is 3.45. The van der Waals surface area contributed by atoms with Crippen LogP contribution in [0.5, 0.6) is 11.5 Å². The Morgan fingerprint density at radius 1 is 0.971 bits per heavy atom. The fraction of sp³-hybridized carbons (Fsp3) is 0.400. The summed E-state index contributed by atoms with van der Waals surface area (Å²) in [5.74, 6) is -1.43. The van der Waals surface area contributed by atoms with Crippen molar-refractivity contribution in [3.05, 3.63) is 59.2 Å². The Kier molecular flexibility index (Phi) is 10.4. The molecule has 190 valence electrons. The molecule has 0 unspecified atom stereocenters. The molecular formula is C25H32F2N4O4. The second kappa shape index (κ2) is 13.3. The van der Waals surface area contributed by atoms with Gasteiger partial charge in [0.25, 0.3) is 0 Å². The summed E-state index contributed by atoms with van der Waals surface area (Å²) in [5.41, 5.74) is 7.07. The lowest BCUT2D eigenvalue weighted by Gasteiger charge is -2.16. The van der Waals surface area contributed by atoms with Crippen molar-refractivity contribution in [2.75, 3.05) is 14.2 Å². The summed E-state index contributed by atoms with van der Waals surface area (Å²) in [5, 5.41) is 5.22. The number of halogens is 2. The zero-order chi connectivity index (χ0) is 26.0. The molecule has 0 aliphatic rings. The SMILES string of the molecule is COc1ccc(CC(=O)NC(N)=N[C@@H](CC(=O)NCc2ccc(F)c(F)c2)CC(C)C)cc1OC. The lowest BCUT2D eigenvalue weighted by atomic mass is 10.0. The first-order chi connectivity index (χ1) is 16.6. The average molecular weight is 491 g/mol. The van der Waals surface area contributed by atoms with Crippen molar-refractivity contribution in [1.29, 1.82) is 0 Å². The lowest BCUT2D eigenvalue weighted by molar-refractivity contribution is -0.121. The predicted molar refractivity (Wildman–Crippen MR) is 129 cm³/mol. The standard InChI is InChI=1S/C25H32F2N4O4/c1-15(2)9-18(13-23(32)29-14-17-5-7-19(26)20(27)10-17)30-25(28)31-24(33)12-16-6-8-21(34-3)22(11-16)35-4/h5-8,10-11,15,18H,9,12-14H2,1-4H3,(H,29,32)(H3,28,30,31,33)/t18-/m1/s1. The Bertz CT molecular complexity index is 1060. The van der Waals surface area contributed by atoms with Crippen molar-refractivity contribution in [1.82, 2.24) is 10.6 Å². The van der Waals surface area contributed by atoms with E-state index in [0.717, 1.165) is 12.1 Å². The van der Waals surface area contributed by atoms with E-state index in [0.29, 0.717) is 29.0 Å². The number of benzene rings is 2. The van der Waals surface area contributed by atoms with Gasteiger partial charge < -0.3 is 20.5 Å². The third-order valence-electron chi connectivity index (χ3n) is 5.04. The normalized spacial score (nSPS) is 12.3. The number of nitrogens with two attached hydrogens (primary N) is 1. The molecule has 0 bridgehead atoms. The maximum absolute atomic E-state index is 13.3. The molecule has 0 aliphatic carbocycles. The van der Waals surface area contributed by atoms with E-state index < -0.39 is 17.7 Å². The van der Waals surface area contributed by atoms with Gasteiger partial charge in [0.1, 0.15) is 0 Å². The number of hydrogen-bond donors (Lipinski definition) is 3. The van der Waals surface area contributed by atoms with Crippen molar-refractivity contribution in [2.45, 2.75) is 45.7 Å². The van der Waals surface area contributed by atoms with Crippen LogP contribution >= 0.6 is 0 Å². The smallest absolute Gasteiger partial charge is 0.231 e. The number of carbonyl (C=O) groups is 2. The van der Waals surface area contributed by atoms with Crippen molar-refractivity contribution < 1.29 is 27.8 Å². The first-order valence-electron chi connectivity index (χ1n) is 11.2. The zero-order valence-corrected chi connectivity index (χ0v) is 20.4. The van der Waals surface area contributed by atoms with Gasteiger partial charge in [-0.3, -0.25) is 14.9 Å². The van der Waals surface area contributed by atoms with Crippen LogP contribution in [-0.4, -0.2) is 38.0 Å². The maximum Gasteiger partial charge on any atom is 0.231 e. The molecule has 1 atom stereocenters. The van der Waals surface area contributed by atoms with Gasteiger partial charge in [-0.1, -0.05) is 26.0 Å². The molecule has 8 nitrogen and oxygen atoms in total. The second-order valence-electron chi connectivity index (χ2n) is 8.44. The molecule has 0 saturated carbocycles. The number of hydrogen-bond acceptors (Lipinski definition) is 5. The highest BCUT2D eigenvalue weighted by molar-refractivity contribution is 5.97. The summed E-state index contributed by atoms with van der Waals surface area (Å²) < 4.78 is 36.8. The predicted octanol–water partition coefficient (Wildman–Crippen LogP) is 3.08. The topological polar surface area (TPSA) is 115 Å². The van der Waals surface area contributed by atoms with Crippen LogP contribution in [0.25, 0.3) is 0 Å². The van der Waals surface area contributed by atoms with Crippen LogP contribution in [-0.2, 0) is 22.6 Å². The molecule has 0 saturated heterocycles. The van der Waals surface area contributed by atoms with E-state index in [9.17, 15) is 18.4 Å². The number of carbonyl (C=O) groups excluding carboxylic acids is 2. The first-order valence-corrected chi connectivity index (χ1v) is 11.2. The van der Waals surface area contributed by atoms with E-state index >= 15 is 0 Å². The summed E-state index contributed by atoms with van der Waals surface area (Å²) in [6.45, 7) is 4.01. The Balaban J connectivity index is 1.96. The van der Waals surface area contributed by atoms with E-state index in [1.807, 2.05) is 13.8 Å². The summed E-state index contributed by atoms with van der Waals surface area (Å²) in [4.78, 5) is 29.2. The van der Waals surface area contributed by atoms with E-state index in [1.54, 1.807) is 18.2 Å². The molecule has 0 radical (unpaired) electrons. The fourth-order valence-corrected chi connectivity index (χ4v) is 3.45. The zero-order valence-electron chi connectivity index (χ0n) is 20.4. The Hall–Kier alpha value is -3.69. The summed E-state index contributed by atoms with van der Waals surface area (Å²) in [6.07, 6.45) is 0.624. The molecule has 0 aliphatic heterocycles. The van der Waals surface area contributed by atoms with Crippen LogP contribution < -0.4 is 25.8 Å². The monoisotopic (exact) mass is 490 g/mol. The third kappa shape index (κ3) is 9.23.